The highest BCUT2D eigenvalue weighted by Gasteiger charge is 2.22. The molecular formula is C22H27N5O3. The Hall–Kier alpha value is -3.13. The van der Waals surface area contributed by atoms with Gasteiger partial charge < -0.3 is 25.0 Å². The molecule has 0 bridgehead atoms. The predicted octanol–water partition coefficient (Wildman–Crippen LogP) is 2.55. The van der Waals surface area contributed by atoms with E-state index in [1.165, 1.54) is 0 Å². The van der Waals surface area contributed by atoms with Gasteiger partial charge in [0, 0.05) is 44.7 Å². The Balaban J connectivity index is 1.47. The number of aromatic nitrogens is 1. The third kappa shape index (κ3) is 5.07. The number of ether oxygens (including phenoxy) is 1. The van der Waals surface area contributed by atoms with Crippen molar-refractivity contribution in [3.05, 3.63) is 54.2 Å². The van der Waals surface area contributed by atoms with E-state index in [1.54, 1.807) is 18.2 Å². The number of anilines is 2. The van der Waals surface area contributed by atoms with Gasteiger partial charge in [0.1, 0.15) is 5.82 Å². The van der Waals surface area contributed by atoms with Crippen molar-refractivity contribution in [2.45, 2.75) is 18.9 Å². The minimum absolute atomic E-state index is 0.155. The third-order valence-corrected chi connectivity index (χ3v) is 5.39. The van der Waals surface area contributed by atoms with Crippen LogP contribution >= 0.6 is 0 Å². The van der Waals surface area contributed by atoms with Crippen molar-refractivity contribution in [1.29, 1.82) is 0 Å². The van der Waals surface area contributed by atoms with Crippen molar-refractivity contribution >= 4 is 23.4 Å². The van der Waals surface area contributed by atoms with Crippen LogP contribution in [0.4, 0.5) is 11.5 Å². The standard InChI is InChI=1S/C22H27N5O3/c28-21(29)17-5-3-6-18(15-17)25-22(24-16-19-7-4-14-30-19)27-12-10-26(11-13-27)20-8-1-2-9-23-20/h1-3,5-6,8-9,15,19H,4,7,10-14,16H2,(H,24,25)(H,28,29)/t19-/m0/s1. The average molecular weight is 409 g/mol. The molecule has 0 amide bonds. The van der Waals surface area contributed by atoms with Gasteiger partial charge in [0.15, 0.2) is 5.96 Å². The van der Waals surface area contributed by atoms with Gasteiger partial charge in [0.25, 0.3) is 0 Å². The normalized spacial score (nSPS) is 19.7. The fourth-order valence-corrected chi connectivity index (χ4v) is 3.74. The van der Waals surface area contributed by atoms with Crippen molar-refractivity contribution in [3.8, 4) is 0 Å². The number of rotatable bonds is 5. The average Bonchev–Trinajstić information content (AvgIpc) is 3.31. The van der Waals surface area contributed by atoms with Crippen molar-refractivity contribution in [1.82, 2.24) is 9.88 Å². The molecule has 1 aromatic heterocycles. The number of carbonyl (C=O) groups is 1. The molecular weight excluding hydrogens is 382 g/mol. The first-order valence-electron chi connectivity index (χ1n) is 10.4. The molecule has 8 heteroatoms. The molecule has 2 aliphatic heterocycles. The number of aliphatic imine (C=N–C) groups is 1. The lowest BCUT2D eigenvalue weighted by Crippen LogP contribution is -2.51. The highest BCUT2D eigenvalue weighted by Crippen LogP contribution is 2.17. The number of nitrogens with zero attached hydrogens (tertiary/aromatic N) is 4. The Morgan fingerprint density at radius 2 is 2.07 bits per heavy atom. The number of carboxylic acid groups (broad SMARTS) is 1. The Kier molecular flexibility index (Phi) is 6.44. The van der Waals surface area contributed by atoms with Crippen LogP contribution in [0.3, 0.4) is 0 Å². The van der Waals surface area contributed by atoms with Crippen LogP contribution in [-0.2, 0) is 4.74 Å². The topological polar surface area (TPSA) is 90.3 Å². The SMILES string of the molecule is O=C(O)c1cccc(NC(=NC[C@@H]2CCCO2)N2CCN(c3ccccn3)CC2)c1. The van der Waals surface area contributed by atoms with E-state index in [2.05, 4.69) is 20.1 Å². The fourth-order valence-electron chi connectivity index (χ4n) is 3.74. The van der Waals surface area contributed by atoms with Crippen molar-refractivity contribution in [2.75, 3.05) is 49.5 Å². The molecule has 3 heterocycles. The van der Waals surface area contributed by atoms with Crippen molar-refractivity contribution < 1.29 is 14.6 Å². The second kappa shape index (κ2) is 9.58. The van der Waals surface area contributed by atoms with E-state index < -0.39 is 5.97 Å². The van der Waals surface area contributed by atoms with Crippen molar-refractivity contribution in [2.24, 2.45) is 4.99 Å². The van der Waals surface area contributed by atoms with Crippen LogP contribution in [0.25, 0.3) is 0 Å². The highest BCUT2D eigenvalue weighted by atomic mass is 16.5. The molecule has 2 saturated heterocycles. The van der Waals surface area contributed by atoms with E-state index in [0.717, 1.165) is 57.4 Å². The van der Waals surface area contributed by atoms with Crippen LogP contribution in [0.2, 0.25) is 0 Å². The molecule has 2 aliphatic rings. The second-order valence-corrected chi connectivity index (χ2v) is 7.47. The van der Waals surface area contributed by atoms with E-state index >= 15 is 0 Å². The molecule has 2 fully saturated rings. The molecule has 0 aliphatic carbocycles. The number of guanidine groups is 1. The smallest absolute Gasteiger partial charge is 0.335 e. The maximum Gasteiger partial charge on any atom is 0.335 e. The molecule has 1 aromatic carbocycles. The lowest BCUT2D eigenvalue weighted by Gasteiger charge is -2.37. The van der Waals surface area contributed by atoms with Gasteiger partial charge in [-0.15, -0.1) is 0 Å². The summed E-state index contributed by atoms with van der Waals surface area (Å²) in [5.74, 6) is 0.797. The number of piperazine rings is 1. The minimum atomic E-state index is -0.944. The quantitative estimate of drug-likeness (QED) is 0.579. The van der Waals surface area contributed by atoms with Crippen LogP contribution in [0.5, 0.6) is 0 Å². The summed E-state index contributed by atoms with van der Waals surface area (Å²) in [6.07, 6.45) is 4.07. The maximum atomic E-state index is 11.3. The molecule has 1 atom stereocenters. The summed E-state index contributed by atoms with van der Waals surface area (Å²) in [4.78, 5) is 25.1. The third-order valence-electron chi connectivity index (χ3n) is 5.39. The maximum absolute atomic E-state index is 11.3. The lowest BCUT2D eigenvalue weighted by molar-refractivity contribution is 0.0697. The molecule has 2 N–H and O–H groups in total. The van der Waals surface area contributed by atoms with E-state index in [-0.39, 0.29) is 11.7 Å². The summed E-state index contributed by atoms with van der Waals surface area (Å²) in [7, 11) is 0. The van der Waals surface area contributed by atoms with Crippen LogP contribution < -0.4 is 10.2 Å². The number of hydrogen-bond acceptors (Lipinski definition) is 5. The summed E-state index contributed by atoms with van der Waals surface area (Å²) < 4.78 is 5.72. The molecule has 0 spiro atoms. The van der Waals surface area contributed by atoms with Crippen LogP contribution in [-0.4, -0.2) is 72.4 Å². The van der Waals surface area contributed by atoms with E-state index in [1.807, 2.05) is 30.5 Å². The zero-order valence-corrected chi connectivity index (χ0v) is 16.9. The zero-order chi connectivity index (χ0) is 20.8. The molecule has 8 nitrogen and oxygen atoms in total. The fraction of sp³-hybridized carbons (Fsp3) is 0.409. The summed E-state index contributed by atoms with van der Waals surface area (Å²) in [6.45, 7) is 4.67. The van der Waals surface area contributed by atoms with E-state index in [9.17, 15) is 9.90 Å². The minimum Gasteiger partial charge on any atom is -0.478 e. The Morgan fingerprint density at radius 1 is 1.20 bits per heavy atom. The number of carboxylic acids is 1. The molecule has 0 radical (unpaired) electrons. The second-order valence-electron chi connectivity index (χ2n) is 7.47. The number of aromatic carboxylic acids is 1. The number of hydrogen-bond donors (Lipinski definition) is 2. The van der Waals surface area contributed by atoms with Gasteiger partial charge in [-0.25, -0.2) is 9.78 Å². The summed E-state index contributed by atoms with van der Waals surface area (Å²) >= 11 is 0. The van der Waals surface area contributed by atoms with Crippen LogP contribution in [0.1, 0.15) is 23.2 Å². The van der Waals surface area contributed by atoms with Gasteiger partial charge >= 0.3 is 5.97 Å². The molecule has 0 unspecified atom stereocenters. The summed E-state index contributed by atoms with van der Waals surface area (Å²) in [5.41, 5.74) is 0.964. The van der Waals surface area contributed by atoms with Gasteiger partial charge in [-0.05, 0) is 43.2 Å². The number of nitrogens with one attached hydrogen (secondary N) is 1. The van der Waals surface area contributed by atoms with Gasteiger partial charge in [-0.2, -0.15) is 0 Å². The van der Waals surface area contributed by atoms with Crippen LogP contribution in [0.15, 0.2) is 53.7 Å². The largest absolute Gasteiger partial charge is 0.478 e. The van der Waals surface area contributed by atoms with Crippen molar-refractivity contribution in [3.63, 3.8) is 0 Å². The monoisotopic (exact) mass is 409 g/mol. The van der Waals surface area contributed by atoms with Gasteiger partial charge in [-0.3, -0.25) is 4.99 Å². The van der Waals surface area contributed by atoms with Gasteiger partial charge in [-0.1, -0.05) is 12.1 Å². The first kappa shape index (κ1) is 20.2. The van der Waals surface area contributed by atoms with Gasteiger partial charge in [0.05, 0.1) is 18.2 Å². The van der Waals surface area contributed by atoms with E-state index in [4.69, 9.17) is 9.73 Å². The molecule has 158 valence electrons. The van der Waals surface area contributed by atoms with E-state index in [0.29, 0.717) is 12.2 Å². The first-order chi connectivity index (χ1) is 14.7. The Labute approximate surface area is 176 Å². The van der Waals surface area contributed by atoms with Crippen LogP contribution in [0, 0.1) is 0 Å². The zero-order valence-electron chi connectivity index (χ0n) is 16.9. The Bertz CT molecular complexity index is 875. The number of pyridine rings is 1. The molecule has 30 heavy (non-hydrogen) atoms. The lowest BCUT2D eigenvalue weighted by atomic mass is 10.2. The Morgan fingerprint density at radius 3 is 2.77 bits per heavy atom. The van der Waals surface area contributed by atoms with Gasteiger partial charge in [0.2, 0.25) is 0 Å². The molecule has 2 aromatic rings. The molecule has 4 rings (SSSR count). The highest BCUT2D eigenvalue weighted by molar-refractivity contribution is 5.96. The first-order valence-corrected chi connectivity index (χ1v) is 10.4. The predicted molar refractivity (Wildman–Crippen MR) is 116 cm³/mol. The summed E-state index contributed by atoms with van der Waals surface area (Å²) in [6, 6.07) is 12.8. The summed E-state index contributed by atoms with van der Waals surface area (Å²) in [5, 5.41) is 12.6. The molecule has 0 saturated carbocycles. The number of benzene rings is 1.